The number of fused-ring (bicyclic) bond motifs is 1. The molecule has 3 aromatic heterocycles. The number of nitrogens with zero attached hydrogens (tertiary/aromatic N) is 5. The Kier molecular flexibility index (Phi) is 5.56. The molecule has 0 bridgehead atoms. The van der Waals surface area contributed by atoms with Gasteiger partial charge in [0.05, 0.1) is 17.3 Å². The van der Waals surface area contributed by atoms with Gasteiger partial charge in [0.2, 0.25) is 0 Å². The minimum atomic E-state index is -0.273. The maximum Gasteiger partial charge on any atom is 0.255 e. The van der Waals surface area contributed by atoms with Gasteiger partial charge in [-0.05, 0) is 41.4 Å². The molecule has 0 aliphatic rings. The van der Waals surface area contributed by atoms with Gasteiger partial charge in [0.15, 0.2) is 17.3 Å². The number of anilines is 1. The van der Waals surface area contributed by atoms with Crippen molar-refractivity contribution in [3.63, 3.8) is 0 Å². The van der Waals surface area contributed by atoms with E-state index in [2.05, 4.69) is 25.6 Å². The van der Waals surface area contributed by atoms with Gasteiger partial charge in [0.25, 0.3) is 5.91 Å². The second kappa shape index (κ2) is 8.29. The summed E-state index contributed by atoms with van der Waals surface area (Å²) in [5.41, 5.74) is 8.61. The number of imidazole rings is 1. The summed E-state index contributed by atoms with van der Waals surface area (Å²) >= 11 is 12.1. The van der Waals surface area contributed by atoms with Gasteiger partial charge in [0, 0.05) is 29.3 Å². The number of aryl methyl sites for hydroxylation is 1. The molecular weight excluding hydrogens is 429 g/mol. The molecule has 3 N–H and O–H groups in total. The van der Waals surface area contributed by atoms with E-state index in [9.17, 15) is 4.79 Å². The van der Waals surface area contributed by atoms with E-state index < -0.39 is 0 Å². The van der Waals surface area contributed by atoms with Crippen molar-refractivity contribution < 1.29 is 9.42 Å². The fourth-order valence-electron chi connectivity index (χ4n) is 3.22. The number of carbonyl (C=O) groups is 1. The number of aromatic nitrogens is 5. The number of benzene rings is 1. The zero-order chi connectivity index (χ0) is 21.3. The Bertz CT molecular complexity index is 1240. The fraction of sp³-hybridized carbons (Fsp3) is 0.211. The summed E-state index contributed by atoms with van der Waals surface area (Å²) in [5.74, 6) is 0.311. The quantitative estimate of drug-likeness (QED) is 0.465. The van der Waals surface area contributed by atoms with E-state index in [1.165, 1.54) is 6.20 Å². The van der Waals surface area contributed by atoms with Crippen LogP contribution in [-0.4, -0.2) is 37.3 Å². The van der Waals surface area contributed by atoms with Gasteiger partial charge >= 0.3 is 0 Å². The van der Waals surface area contributed by atoms with Crippen LogP contribution in [0.15, 0.2) is 35.2 Å². The lowest BCUT2D eigenvalue weighted by Gasteiger charge is -2.10. The molecule has 0 radical (unpaired) electrons. The maximum absolute atomic E-state index is 12.9. The monoisotopic (exact) mass is 445 g/mol. The summed E-state index contributed by atoms with van der Waals surface area (Å²) in [6.45, 7) is 2.85. The average molecular weight is 446 g/mol. The molecule has 3 heterocycles. The second-order valence-electron chi connectivity index (χ2n) is 6.47. The van der Waals surface area contributed by atoms with Crippen molar-refractivity contribution in [2.75, 3.05) is 12.3 Å². The molecule has 0 saturated heterocycles. The number of nitrogens with two attached hydrogens (primary N) is 1. The van der Waals surface area contributed by atoms with Crippen LogP contribution in [0.3, 0.4) is 0 Å². The number of halogens is 2. The van der Waals surface area contributed by atoms with E-state index >= 15 is 0 Å². The molecule has 0 saturated carbocycles. The van der Waals surface area contributed by atoms with Gasteiger partial charge in [-0.2, -0.15) is 0 Å². The summed E-state index contributed by atoms with van der Waals surface area (Å²) in [4.78, 5) is 21.6. The second-order valence-corrected chi connectivity index (χ2v) is 7.32. The van der Waals surface area contributed by atoms with Crippen molar-refractivity contribution in [1.29, 1.82) is 0 Å². The molecule has 0 atom stereocenters. The van der Waals surface area contributed by atoms with Crippen molar-refractivity contribution >= 4 is 46.0 Å². The predicted octanol–water partition coefficient (Wildman–Crippen LogP) is 3.36. The Morgan fingerprint density at radius 3 is 2.80 bits per heavy atom. The molecule has 11 heteroatoms. The Morgan fingerprint density at radius 2 is 2.10 bits per heavy atom. The lowest BCUT2D eigenvalue weighted by Crippen LogP contribution is -2.26. The first-order valence-electron chi connectivity index (χ1n) is 9.14. The Balaban J connectivity index is 1.61. The normalized spacial score (nSPS) is 11.2. The first-order chi connectivity index (χ1) is 14.5. The summed E-state index contributed by atoms with van der Waals surface area (Å²) in [6, 6.07) is 5.28. The van der Waals surface area contributed by atoms with Crippen LogP contribution in [0, 0.1) is 0 Å². The summed E-state index contributed by atoms with van der Waals surface area (Å²) in [7, 11) is 0. The number of rotatable bonds is 6. The zero-order valence-corrected chi connectivity index (χ0v) is 17.4. The molecule has 0 unspecified atom stereocenters. The molecule has 9 nitrogen and oxygen atoms in total. The Hall–Kier alpha value is -3.17. The highest BCUT2D eigenvalue weighted by Gasteiger charge is 2.22. The summed E-state index contributed by atoms with van der Waals surface area (Å²) in [5, 5.41) is 11.5. The minimum Gasteiger partial charge on any atom is -0.379 e. The van der Waals surface area contributed by atoms with Crippen LogP contribution in [0.4, 0.5) is 5.82 Å². The first kappa shape index (κ1) is 20.1. The number of carbonyl (C=O) groups excluding carboxylic acids is 1. The van der Waals surface area contributed by atoms with Gasteiger partial charge in [-0.15, -0.1) is 0 Å². The van der Waals surface area contributed by atoms with Crippen molar-refractivity contribution in [3.8, 4) is 11.5 Å². The molecule has 4 aromatic rings. The molecule has 154 valence electrons. The Labute approximate surface area is 181 Å². The molecule has 4 rings (SSSR count). The van der Waals surface area contributed by atoms with Gasteiger partial charge in [-0.25, -0.2) is 9.61 Å². The van der Waals surface area contributed by atoms with E-state index in [-0.39, 0.29) is 11.7 Å². The van der Waals surface area contributed by atoms with E-state index in [1.807, 2.05) is 17.6 Å². The van der Waals surface area contributed by atoms with Crippen LogP contribution in [0.25, 0.3) is 22.6 Å². The predicted molar refractivity (Wildman–Crippen MR) is 113 cm³/mol. The fourth-order valence-corrected chi connectivity index (χ4v) is 3.73. The molecule has 0 fully saturated rings. The van der Waals surface area contributed by atoms with E-state index in [0.29, 0.717) is 57.7 Å². The van der Waals surface area contributed by atoms with Crippen LogP contribution in [-0.2, 0) is 13.0 Å². The van der Waals surface area contributed by atoms with E-state index in [4.69, 9.17) is 33.6 Å². The Morgan fingerprint density at radius 1 is 1.27 bits per heavy atom. The molecular formula is C19H17Cl2N7O2. The van der Waals surface area contributed by atoms with Crippen molar-refractivity contribution in [2.24, 2.45) is 0 Å². The van der Waals surface area contributed by atoms with Crippen LogP contribution in [0.1, 0.15) is 22.8 Å². The number of pyridine rings is 1. The minimum absolute atomic E-state index is 0.124. The van der Waals surface area contributed by atoms with Gasteiger partial charge in [-0.3, -0.25) is 9.78 Å². The first-order valence-corrected chi connectivity index (χ1v) is 9.90. The molecule has 0 aliphatic carbocycles. The highest BCUT2D eigenvalue weighted by molar-refractivity contribution is 6.35. The van der Waals surface area contributed by atoms with Crippen LogP contribution in [0.2, 0.25) is 10.0 Å². The molecule has 0 aliphatic heterocycles. The smallest absolute Gasteiger partial charge is 0.255 e. The van der Waals surface area contributed by atoms with Gasteiger partial charge in [-0.1, -0.05) is 29.3 Å². The van der Waals surface area contributed by atoms with E-state index in [0.717, 1.165) is 5.56 Å². The standard InChI is InChI=1S/C19H17Cl2N7O2/c1-2-28-16-12(19(29)24-6-5-10-3-4-11(20)7-13(10)21)8-23-9-14(16)25-18(28)15-17(22)27-30-26-15/h3-4,7-9H,2,5-6H2,1H3,(H2,22,27)(H,24,29). The highest BCUT2D eigenvalue weighted by Crippen LogP contribution is 2.28. The van der Waals surface area contributed by atoms with Crippen LogP contribution < -0.4 is 11.1 Å². The third-order valence-electron chi connectivity index (χ3n) is 4.63. The van der Waals surface area contributed by atoms with Crippen LogP contribution >= 0.6 is 23.2 Å². The highest BCUT2D eigenvalue weighted by atomic mass is 35.5. The number of hydrogen-bond acceptors (Lipinski definition) is 7. The van der Waals surface area contributed by atoms with Gasteiger partial charge in [0.1, 0.15) is 5.52 Å². The molecule has 1 aromatic carbocycles. The van der Waals surface area contributed by atoms with Gasteiger partial charge < -0.3 is 15.6 Å². The van der Waals surface area contributed by atoms with Crippen molar-refractivity contribution in [3.05, 3.63) is 51.8 Å². The SMILES string of the molecule is CCn1c(-c2nonc2N)nc2cncc(C(=O)NCCc3ccc(Cl)cc3Cl)c21. The van der Waals surface area contributed by atoms with Crippen molar-refractivity contribution in [1.82, 2.24) is 30.2 Å². The molecule has 1 amide bonds. The largest absolute Gasteiger partial charge is 0.379 e. The topological polar surface area (TPSA) is 125 Å². The molecule has 30 heavy (non-hydrogen) atoms. The maximum atomic E-state index is 12.9. The van der Waals surface area contributed by atoms with Crippen molar-refractivity contribution in [2.45, 2.75) is 19.9 Å². The third-order valence-corrected chi connectivity index (χ3v) is 5.22. The summed E-state index contributed by atoms with van der Waals surface area (Å²) < 4.78 is 6.52. The lowest BCUT2D eigenvalue weighted by atomic mass is 10.1. The number of hydrogen-bond donors (Lipinski definition) is 2. The number of nitrogen functional groups attached to an aromatic ring is 1. The zero-order valence-electron chi connectivity index (χ0n) is 15.9. The van der Waals surface area contributed by atoms with E-state index in [1.54, 1.807) is 18.3 Å². The van der Waals surface area contributed by atoms with Crippen LogP contribution in [0.5, 0.6) is 0 Å². The number of nitrogens with one attached hydrogen (secondary N) is 1. The molecule has 0 spiro atoms. The number of amides is 1. The third kappa shape index (κ3) is 3.69. The average Bonchev–Trinajstić information content (AvgIpc) is 3.31. The lowest BCUT2D eigenvalue weighted by molar-refractivity contribution is 0.0955. The summed E-state index contributed by atoms with van der Waals surface area (Å²) in [6.07, 6.45) is 3.65.